The summed E-state index contributed by atoms with van der Waals surface area (Å²) in [5.74, 6) is -0.533. The van der Waals surface area contributed by atoms with Gasteiger partial charge in [0.05, 0.1) is 18.2 Å². The number of nitrogens with zero attached hydrogens (tertiary/aromatic N) is 1. The average molecular weight is 218 g/mol. The number of carbonyl (C=O) groups excluding carboxylic acids is 2. The quantitative estimate of drug-likeness (QED) is 0.671. The molecule has 3 amide bonds. The monoisotopic (exact) mass is 218 g/mol. The van der Waals surface area contributed by atoms with Crippen LogP contribution in [0.4, 0.5) is 10.5 Å². The van der Waals surface area contributed by atoms with Crippen LogP contribution in [0.2, 0.25) is 0 Å². The first-order valence-corrected chi connectivity index (χ1v) is 4.45. The van der Waals surface area contributed by atoms with Crippen molar-refractivity contribution in [2.75, 3.05) is 11.9 Å². The third kappa shape index (κ3) is 3.67. The van der Waals surface area contributed by atoms with Crippen LogP contribution in [-0.4, -0.2) is 18.5 Å². The summed E-state index contributed by atoms with van der Waals surface area (Å²) < 4.78 is 0. The van der Waals surface area contributed by atoms with E-state index in [2.05, 4.69) is 5.32 Å². The second-order valence-corrected chi connectivity index (χ2v) is 2.96. The number of urea groups is 1. The van der Waals surface area contributed by atoms with E-state index in [0.29, 0.717) is 11.3 Å². The first-order chi connectivity index (χ1) is 7.61. The number of hydrogen-bond acceptors (Lipinski definition) is 4. The van der Waals surface area contributed by atoms with Gasteiger partial charge < -0.3 is 11.1 Å². The average Bonchev–Trinajstić information content (AvgIpc) is 2.26. The molecule has 0 aromatic heterocycles. The zero-order valence-electron chi connectivity index (χ0n) is 8.36. The summed E-state index contributed by atoms with van der Waals surface area (Å²) in [7, 11) is 0. The Balaban J connectivity index is 2.52. The molecule has 6 nitrogen and oxygen atoms in total. The number of imide groups is 1. The Bertz CT molecular complexity index is 450. The normalized spacial score (nSPS) is 8.94. The first-order valence-electron chi connectivity index (χ1n) is 4.45. The summed E-state index contributed by atoms with van der Waals surface area (Å²) in [4.78, 5) is 21.4. The summed E-state index contributed by atoms with van der Waals surface area (Å²) in [6.07, 6.45) is 0. The van der Waals surface area contributed by atoms with E-state index in [9.17, 15) is 9.59 Å². The smallest absolute Gasteiger partial charge is 0.318 e. The largest absolute Gasteiger partial charge is 0.376 e. The van der Waals surface area contributed by atoms with E-state index in [1.165, 1.54) is 0 Å². The molecule has 0 aliphatic heterocycles. The van der Waals surface area contributed by atoms with E-state index < -0.39 is 11.9 Å². The van der Waals surface area contributed by atoms with E-state index in [1.54, 1.807) is 24.3 Å². The van der Waals surface area contributed by atoms with Crippen molar-refractivity contribution >= 4 is 17.6 Å². The third-order valence-corrected chi connectivity index (χ3v) is 1.71. The van der Waals surface area contributed by atoms with Crippen molar-refractivity contribution in [3.8, 4) is 6.07 Å². The molecule has 0 spiro atoms. The number of anilines is 1. The molecule has 0 unspecified atom stereocenters. The van der Waals surface area contributed by atoms with E-state index in [-0.39, 0.29) is 6.54 Å². The van der Waals surface area contributed by atoms with Crippen molar-refractivity contribution in [2.45, 2.75) is 0 Å². The third-order valence-electron chi connectivity index (χ3n) is 1.71. The lowest BCUT2D eigenvalue weighted by atomic mass is 10.2. The van der Waals surface area contributed by atoms with Gasteiger partial charge in [-0.3, -0.25) is 10.1 Å². The molecule has 1 rings (SSSR count). The van der Waals surface area contributed by atoms with Gasteiger partial charge in [-0.2, -0.15) is 5.26 Å². The van der Waals surface area contributed by atoms with Crippen LogP contribution in [0.3, 0.4) is 0 Å². The number of carbonyl (C=O) groups is 2. The topological polar surface area (TPSA) is 108 Å². The highest BCUT2D eigenvalue weighted by Gasteiger charge is 2.03. The van der Waals surface area contributed by atoms with Gasteiger partial charge >= 0.3 is 6.03 Å². The van der Waals surface area contributed by atoms with Crippen LogP contribution in [0, 0.1) is 11.3 Å². The van der Waals surface area contributed by atoms with Gasteiger partial charge in [0, 0.05) is 5.69 Å². The molecule has 4 N–H and O–H groups in total. The molecule has 0 fully saturated rings. The SMILES string of the molecule is N#Cc1cccc(NCC(=O)NC(N)=O)c1. The Kier molecular flexibility index (Phi) is 3.86. The Morgan fingerprint density at radius 2 is 2.19 bits per heavy atom. The van der Waals surface area contributed by atoms with Gasteiger partial charge in [-0.25, -0.2) is 4.79 Å². The fraction of sp³-hybridized carbons (Fsp3) is 0.100. The van der Waals surface area contributed by atoms with Crippen molar-refractivity contribution in [3.05, 3.63) is 29.8 Å². The number of nitrogens with one attached hydrogen (secondary N) is 2. The first kappa shape index (κ1) is 11.5. The minimum absolute atomic E-state index is 0.0855. The van der Waals surface area contributed by atoms with Gasteiger partial charge in [0.1, 0.15) is 0 Å². The minimum atomic E-state index is -0.891. The molecule has 0 saturated carbocycles. The van der Waals surface area contributed by atoms with Gasteiger partial charge in [-0.1, -0.05) is 6.07 Å². The maximum absolute atomic E-state index is 11.0. The molecule has 0 radical (unpaired) electrons. The molecule has 0 bridgehead atoms. The van der Waals surface area contributed by atoms with Crippen LogP contribution in [0.15, 0.2) is 24.3 Å². The van der Waals surface area contributed by atoms with Crippen LogP contribution in [0.5, 0.6) is 0 Å². The highest BCUT2D eigenvalue weighted by Crippen LogP contribution is 2.08. The lowest BCUT2D eigenvalue weighted by Gasteiger charge is -2.05. The molecule has 0 heterocycles. The van der Waals surface area contributed by atoms with Crippen LogP contribution in [0.25, 0.3) is 0 Å². The lowest BCUT2D eigenvalue weighted by Crippen LogP contribution is -2.38. The zero-order chi connectivity index (χ0) is 12.0. The van der Waals surface area contributed by atoms with Crippen molar-refractivity contribution in [1.29, 1.82) is 5.26 Å². The molecule has 82 valence electrons. The van der Waals surface area contributed by atoms with Crippen LogP contribution in [0.1, 0.15) is 5.56 Å². The second-order valence-electron chi connectivity index (χ2n) is 2.96. The Morgan fingerprint density at radius 3 is 2.81 bits per heavy atom. The summed E-state index contributed by atoms with van der Waals surface area (Å²) in [5.41, 5.74) is 5.88. The number of nitriles is 1. The minimum Gasteiger partial charge on any atom is -0.376 e. The number of rotatable bonds is 3. The summed E-state index contributed by atoms with van der Waals surface area (Å²) in [6.45, 7) is -0.0855. The van der Waals surface area contributed by atoms with Gasteiger partial charge in [-0.15, -0.1) is 0 Å². The number of nitrogens with two attached hydrogens (primary N) is 1. The summed E-state index contributed by atoms with van der Waals surface area (Å²) in [6, 6.07) is 7.72. The van der Waals surface area contributed by atoms with Crippen molar-refractivity contribution < 1.29 is 9.59 Å². The molecule has 0 atom stereocenters. The molecule has 1 aromatic carbocycles. The number of benzene rings is 1. The predicted octanol–water partition coefficient (Wildman–Crippen LogP) is 0.165. The molecular formula is C10H10N4O2. The molecule has 1 aromatic rings. The van der Waals surface area contributed by atoms with Crippen molar-refractivity contribution in [3.63, 3.8) is 0 Å². The van der Waals surface area contributed by atoms with Crippen LogP contribution >= 0.6 is 0 Å². The van der Waals surface area contributed by atoms with Crippen molar-refractivity contribution in [2.24, 2.45) is 5.73 Å². The predicted molar refractivity (Wildman–Crippen MR) is 57.4 cm³/mol. The lowest BCUT2D eigenvalue weighted by molar-refractivity contribution is -0.118. The zero-order valence-corrected chi connectivity index (χ0v) is 8.36. The van der Waals surface area contributed by atoms with Gasteiger partial charge in [-0.05, 0) is 18.2 Å². The maximum Gasteiger partial charge on any atom is 0.318 e. The van der Waals surface area contributed by atoms with E-state index in [1.807, 2.05) is 11.4 Å². The standard InChI is InChI=1S/C10H10N4O2/c11-5-7-2-1-3-8(4-7)13-6-9(15)14-10(12)16/h1-4,13H,6H2,(H3,12,14,15,16). The Labute approximate surface area is 92.0 Å². The summed E-state index contributed by atoms with van der Waals surface area (Å²) in [5, 5.41) is 13.3. The molecule has 0 aliphatic carbocycles. The fourth-order valence-corrected chi connectivity index (χ4v) is 1.06. The van der Waals surface area contributed by atoms with E-state index in [0.717, 1.165) is 0 Å². The Hall–Kier alpha value is -2.55. The van der Waals surface area contributed by atoms with Gasteiger partial charge in [0.15, 0.2) is 0 Å². The molecule has 0 aliphatic rings. The number of primary amides is 1. The van der Waals surface area contributed by atoms with Crippen LogP contribution < -0.4 is 16.4 Å². The van der Waals surface area contributed by atoms with Gasteiger partial charge in [0.25, 0.3) is 0 Å². The summed E-state index contributed by atoms with van der Waals surface area (Å²) >= 11 is 0. The maximum atomic E-state index is 11.0. The molecular weight excluding hydrogens is 208 g/mol. The Morgan fingerprint density at radius 1 is 1.44 bits per heavy atom. The highest BCUT2D eigenvalue weighted by atomic mass is 16.2. The number of hydrogen-bond donors (Lipinski definition) is 3. The van der Waals surface area contributed by atoms with Gasteiger partial charge in [0.2, 0.25) is 5.91 Å². The molecule has 6 heteroatoms. The molecule has 0 saturated heterocycles. The molecule has 16 heavy (non-hydrogen) atoms. The van der Waals surface area contributed by atoms with Crippen LogP contribution in [-0.2, 0) is 4.79 Å². The highest BCUT2D eigenvalue weighted by molar-refractivity contribution is 5.95. The second kappa shape index (κ2) is 5.36. The van der Waals surface area contributed by atoms with Crippen molar-refractivity contribution in [1.82, 2.24) is 5.32 Å². The fourth-order valence-electron chi connectivity index (χ4n) is 1.06. The van der Waals surface area contributed by atoms with E-state index >= 15 is 0 Å². The number of amides is 3. The van der Waals surface area contributed by atoms with E-state index in [4.69, 9.17) is 11.0 Å².